The molecule has 0 radical (unpaired) electrons. The molecule has 8 nitrogen and oxygen atoms in total. The average molecular weight is 502 g/mol. The molecular weight excluding hydrogens is 475 g/mol. The van der Waals surface area contributed by atoms with E-state index < -0.39 is 17.6 Å². The summed E-state index contributed by atoms with van der Waals surface area (Å²) in [6.45, 7) is 1.60. The van der Waals surface area contributed by atoms with Gasteiger partial charge in [-0.25, -0.2) is 0 Å². The third-order valence-electron chi connectivity index (χ3n) is 6.11. The predicted octanol–water partition coefficient (Wildman–Crippen LogP) is 3.69. The first-order valence-electron chi connectivity index (χ1n) is 11.4. The van der Waals surface area contributed by atoms with E-state index in [1.165, 1.54) is 12.1 Å². The van der Waals surface area contributed by atoms with E-state index in [1.807, 2.05) is 4.90 Å². The highest BCUT2D eigenvalue weighted by molar-refractivity contribution is 6.04. The van der Waals surface area contributed by atoms with Crippen LogP contribution in [-0.4, -0.2) is 52.2 Å². The second-order valence-corrected chi connectivity index (χ2v) is 8.53. The maximum atomic E-state index is 13.0. The smallest absolute Gasteiger partial charge is 0.416 e. The highest BCUT2D eigenvalue weighted by atomic mass is 19.4. The number of carbonyl (C=O) groups is 2. The molecule has 0 saturated carbocycles. The van der Waals surface area contributed by atoms with Crippen LogP contribution in [0.4, 0.5) is 18.9 Å². The molecule has 3 aromatic rings. The number of aryl methyl sites for hydroxylation is 1. The normalized spacial score (nSPS) is 16.2. The minimum atomic E-state index is -4.55. The Morgan fingerprint density at radius 1 is 1.19 bits per heavy atom. The summed E-state index contributed by atoms with van der Waals surface area (Å²) in [5, 5.41) is 6.84. The van der Waals surface area contributed by atoms with Gasteiger partial charge in [-0.2, -0.15) is 18.3 Å². The van der Waals surface area contributed by atoms with Crippen LogP contribution < -0.4 is 15.8 Å². The minimum absolute atomic E-state index is 0.109. The van der Waals surface area contributed by atoms with Crippen LogP contribution in [0.3, 0.4) is 0 Å². The standard InChI is InChI=1S/C25H26F3N5O3/c1-32-20(9-10-30-32)19-15-18(31-24(35)16-4-2-5-17(14-16)25(26,27)28)7-8-22(19)36-13-12-33-11-3-6-21(33)23(29)34/h2,4-5,7-10,14-15,21H,3,6,11-13H2,1H3,(H2,29,34)(H,31,35)/t21-/m0/s1. The number of ether oxygens (including phenoxy) is 1. The van der Waals surface area contributed by atoms with E-state index in [2.05, 4.69) is 10.4 Å². The molecule has 36 heavy (non-hydrogen) atoms. The van der Waals surface area contributed by atoms with E-state index >= 15 is 0 Å². The number of likely N-dealkylation sites (tertiary alicyclic amines) is 1. The van der Waals surface area contributed by atoms with Crippen LogP contribution in [0.1, 0.15) is 28.8 Å². The highest BCUT2D eigenvalue weighted by Crippen LogP contribution is 2.33. The number of aromatic nitrogens is 2. The van der Waals surface area contributed by atoms with E-state index in [0.29, 0.717) is 30.2 Å². The zero-order chi connectivity index (χ0) is 25.9. The molecule has 2 heterocycles. The number of rotatable bonds is 8. The number of alkyl halides is 3. The van der Waals surface area contributed by atoms with Gasteiger partial charge in [-0.3, -0.25) is 19.2 Å². The van der Waals surface area contributed by atoms with Crippen LogP contribution in [0.15, 0.2) is 54.7 Å². The predicted molar refractivity (Wildman–Crippen MR) is 127 cm³/mol. The van der Waals surface area contributed by atoms with Crippen LogP contribution in [0.25, 0.3) is 11.3 Å². The lowest BCUT2D eigenvalue weighted by Crippen LogP contribution is -2.42. The van der Waals surface area contributed by atoms with Crippen molar-refractivity contribution in [1.29, 1.82) is 0 Å². The van der Waals surface area contributed by atoms with Gasteiger partial charge in [0.2, 0.25) is 5.91 Å². The van der Waals surface area contributed by atoms with E-state index in [1.54, 1.807) is 42.2 Å². The topological polar surface area (TPSA) is 102 Å². The van der Waals surface area contributed by atoms with Gasteiger partial charge in [-0.15, -0.1) is 0 Å². The van der Waals surface area contributed by atoms with Crippen molar-refractivity contribution in [2.75, 3.05) is 25.0 Å². The minimum Gasteiger partial charge on any atom is -0.492 e. The third-order valence-corrected chi connectivity index (χ3v) is 6.11. The van der Waals surface area contributed by atoms with Crippen molar-refractivity contribution in [1.82, 2.24) is 14.7 Å². The maximum absolute atomic E-state index is 13.0. The number of anilines is 1. The number of hydrogen-bond donors (Lipinski definition) is 2. The monoisotopic (exact) mass is 501 g/mol. The van der Waals surface area contributed by atoms with Crippen molar-refractivity contribution < 1.29 is 27.5 Å². The number of halogens is 3. The van der Waals surface area contributed by atoms with Crippen molar-refractivity contribution in [2.24, 2.45) is 12.8 Å². The van der Waals surface area contributed by atoms with Gasteiger partial charge in [0.25, 0.3) is 5.91 Å². The average Bonchev–Trinajstić information content (AvgIpc) is 3.48. The fraction of sp³-hybridized carbons (Fsp3) is 0.320. The Kier molecular flexibility index (Phi) is 7.30. The summed E-state index contributed by atoms with van der Waals surface area (Å²) in [7, 11) is 1.76. The van der Waals surface area contributed by atoms with E-state index in [-0.39, 0.29) is 17.5 Å². The summed E-state index contributed by atoms with van der Waals surface area (Å²) >= 11 is 0. The number of nitrogens with one attached hydrogen (secondary N) is 1. The fourth-order valence-corrected chi connectivity index (χ4v) is 4.30. The van der Waals surface area contributed by atoms with Crippen LogP contribution in [0, 0.1) is 0 Å². The van der Waals surface area contributed by atoms with Gasteiger partial charge >= 0.3 is 6.18 Å². The van der Waals surface area contributed by atoms with Crippen LogP contribution >= 0.6 is 0 Å². The molecular formula is C25H26F3N5O3. The first-order chi connectivity index (χ1) is 17.1. The lowest BCUT2D eigenvalue weighted by molar-refractivity contribution is -0.137. The van der Waals surface area contributed by atoms with Gasteiger partial charge in [0.1, 0.15) is 12.4 Å². The summed E-state index contributed by atoms with van der Waals surface area (Å²) in [5.74, 6) is -0.480. The van der Waals surface area contributed by atoms with Gasteiger partial charge in [0.05, 0.1) is 17.3 Å². The molecule has 190 valence electrons. The van der Waals surface area contributed by atoms with Gasteiger partial charge < -0.3 is 15.8 Å². The Morgan fingerprint density at radius 3 is 2.69 bits per heavy atom. The largest absolute Gasteiger partial charge is 0.492 e. The van der Waals surface area contributed by atoms with Crippen molar-refractivity contribution in [3.63, 3.8) is 0 Å². The van der Waals surface area contributed by atoms with Gasteiger partial charge in [0, 0.05) is 36.6 Å². The molecule has 0 bridgehead atoms. The number of benzene rings is 2. The molecule has 2 amide bonds. The summed E-state index contributed by atoms with van der Waals surface area (Å²) in [4.78, 5) is 26.3. The van der Waals surface area contributed by atoms with Crippen LogP contribution in [0.2, 0.25) is 0 Å². The molecule has 1 aliphatic heterocycles. The number of nitrogens with two attached hydrogens (primary N) is 1. The molecule has 1 atom stereocenters. The number of hydrogen-bond acceptors (Lipinski definition) is 5. The molecule has 0 unspecified atom stereocenters. The number of nitrogens with zero attached hydrogens (tertiary/aromatic N) is 3. The summed E-state index contributed by atoms with van der Waals surface area (Å²) in [5.41, 5.74) is 6.22. The molecule has 1 fully saturated rings. The van der Waals surface area contributed by atoms with Crippen molar-refractivity contribution >= 4 is 17.5 Å². The van der Waals surface area contributed by atoms with E-state index in [0.717, 1.165) is 37.2 Å². The third kappa shape index (κ3) is 5.68. The number of primary amides is 1. The molecule has 2 aromatic carbocycles. The SMILES string of the molecule is Cn1nccc1-c1cc(NC(=O)c2cccc(C(F)(F)F)c2)ccc1OCCN1CCC[C@H]1C(N)=O. The molecule has 4 rings (SSSR count). The van der Waals surface area contributed by atoms with Gasteiger partial charge in [-0.1, -0.05) is 6.07 Å². The van der Waals surface area contributed by atoms with Gasteiger partial charge in [0.15, 0.2) is 0 Å². The Bertz CT molecular complexity index is 1260. The maximum Gasteiger partial charge on any atom is 0.416 e. The Hall–Kier alpha value is -3.86. The van der Waals surface area contributed by atoms with Gasteiger partial charge in [-0.05, 0) is 61.9 Å². The summed E-state index contributed by atoms with van der Waals surface area (Å²) in [6, 6.07) is 10.7. The van der Waals surface area contributed by atoms with Crippen LogP contribution in [-0.2, 0) is 18.0 Å². The molecule has 1 aliphatic rings. The van der Waals surface area contributed by atoms with E-state index in [9.17, 15) is 22.8 Å². The molecule has 3 N–H and O–H groups in total. The van der Waals surface area contributed by atoms with Crippen molar-refractivity contribution in [2.45, 2.75) is 25.1 Å². The zero-order valence-electron chi connectivity index (χ0n) is 19.6. The summed E-state index contributed by atoms with van der Waals surface area (Å²) < 4.78 is 46.8. The number of amides is 2. The summed E-state index contributed by atoms with van der Waals surface area (Å²) in [6.07, 6.45) is -1.30. The first-order valence-corrected chi connectivity index (χ1v) is 11.4. The fourth-order valence-electron chi connectivity index (χ4n) is 4.30. The molecule has 0 spiro atoms. The first kappa shape index (κ1) is 25.2. The quantitative estimate of drug-likeness (QED) is 0.490. The molecule has 0 aliphatic carbocycles. The number of carbonyl (C=O) groups excluding carboxylic acids is 2. The molecule has 1 aromatic heterocycles. The molecule has 11 heteroatoms. The Balaban J connectivity index is 1.52. The van der Waals surface area contributed by atoms with Crippen LogP contribution in [0.5, 0.6) is 5.75 Å². The Labute approximate surface area is 205 Å². The molecule has 1 saturated heterocycles. The highest BCUT2D eigenvalue weighted by Gasteiger charge is 2.31. The second-order valence-electron chi connectivity index (χ2n) is 8.53. The second kappa shape index (κ2) is 10.4. The van der Waals surface area contributed by atoms with E-state index in [4.69, 9.17) is 10.5 Å². The van der Waals surface area contributed by atoms with Crippen molar-refractivity contribution in [3.8, 4) is 17.0 Å². The Morgan fingerprint density at radius 2 is 2.00 bits per heavy atom. The lowest BCUT2D eigenvalue weighted by atomic mass is 10.1. The lowest BCUT2D eigenvalue weighted by Gasteiger charge is -2.22. The zero-order valence-corrected chi connectivity index (χ0v) is 19.6. The van der Waals surface area contributed by atoms with Crippen molar-refractivity contribution in [3.05, 3.63) is 65.9 Å².